The highest BCUT2D eigenvalue weighted by Crippen LogP contribution is 2.24. The molecule has 17 heavy (non-hydrogen) atoms. The maximum absolute atomic E-state index is 10.9. The lowest BCUT2D eigenvalue weighted by molar-refractivity contribution is -0.114. The van der Waals surface area contributed by atoms with E-state index in [0.29, 0.717) is 5.89 Å². The van der Waals surface area contributed by atoms with Gasteiger partial charge in [-0.1, -0.05) is 18.2 Å². The summed E-state index contributed by atoms with van der Waals surface area (Å²) in [5, 5.41) is 11.3. The number of nitrogens with one attached hydrogen (secondary N) is 1. The molecule has 5 heteroatoms. The molecule has 0 fully saturated rings. The Bertz CT molecular complexity index is 582. The number of rotatable bonds is 2. The zero-order valence-corrected chi connectivity index (χ0v) is 9.10. The van der Waals surface area contributed by atoms with E-state index >= 15 is 0 Å². The Labute approximate surface area is 97.7 Å². The summed E-state index contributed by atoms with van der Waals surface area (Å²) in [5.74, 6) is 0.0852. The maximum Gasteiger partial charge on any atom is 0.239 e. The van der Waals surface area contributed by atoms with Crippen LogP contribution >= 0.6 is 0 Å². The van der Waals surface area contributed by atoms with Crippen molar-refractivity contribution in [2.45, 2.75) is 6.92 Å². The molecule has 0 unspecified atom stereocenters. The van der Waals surface area contributed by atoms with Gasteiger partial charge in [0.15, 0.2) is 0 Å². The average Bonchev–Trinajstić information content (AvgIpc) is 2.72. The van der Waals surface area contributed by atoms with Crippen molar-refractivity contribution < 1.29 is 9.21 Å². The van der Waals surface area contributed by atoms with Crippen molar-refractivity contribution >= 4 is 11.8 Å². The van der Waals surface area contributed by atoms with E-state index in [1.807, 2.05) is 36.4 Å². The van der Waals surface area contributed by atoms with Crippen molar-refractivity contribution in [2.75, 3.05) is 5.32 Å². The standard InChI is InChI=1S/C12H9N3O2/c1-8(16)14-12-10(7-13)15-11(17-12)9-5-3-2-4-6-9/h2-6H,1H3,(H,14,16). The molecular formula is C12H9N3O2. The van der Waals surface area contributed by atoms with Crippen molar-refractivity contribution in [3.05, 3.63) is 36.0 Å². The number of nitrogens with zero attached hydrogens (tertiary/aromatic N) is 2. The number of carbonyl (C=O) groups is 1. The highest BCUT2D eigenvalue weighted by atomic mass is 16.4. The number of hydrogen-bond donors (Lipinski definition) is 1. The molecule has 2 rings (SSSR count). The van der Waals surface area contributed by atoms with Gasteiger partial charge in [0.2, 0.25) is 23.4 Å². The molecule has 0 bridgehead atoms. The zero-order valence-electron chi connectivity index (χ0n) is 9.10. The number of carbonyl (C=O) groups excluding carboxylic acids is 1. The predicted octanol–water partition coefficient (Wildman–Crippen LogP) is 2.17. The van der Waals surface area contributed by atoms with Crippen LogP contribution < -0.4 is 5.32 Å². The van der Waals surface area contributed by atoms with Crippen LogP contribution in [0.1, 0.15) is 12.6 Å². The molecule has 0 atom stereocenters. The average molecular weight is 227 g/mol. The number of hydrogen-bond acceptors (Lipinski definition) is 4. The Morgan fingerprint density at radius 2 is 2.12 bits per heavy atom. The lowest BCUT2D eigenvalue weighted by Crippen LogP contribution is -2.05. The van der Waals surface area contributed by atoms with Gasteiger partial charge in [0.05, 0.1) is 0 Å². The van der Waals surface area contributed by atoms with E-state index in [1.54, 1.807) is 0 Å². The first-order valence-electron chi connectivity index (χ1n) is 4.94. The van der Waals surface area contributed by atoms with Crippen LogP contribution in [0.2, 0.25) is 0 Å². The smallest absolute Gasteiger partial charge is 0.239 e. The minimum atomic E-state index is -0.308. The Kier molecular flexibility index (Phi) is 2.88. The zero-order chi connectivity index (χ0) is 12.3. The molecule has 0 aliphatic rings. The summed E-state index contributed by atoms with van der Waals surface area (Å²) >= 11 is 0. The van der Waals surface area contributed by atoms with Crippen LogP contribution in [0.25, 0.3) is 11.5 Å². The van der Waals surface area contributed by atoms with E-state index in [2.05, 4.69) is 10.3 Å². The van der Waals surface area contributed by atoms with Gasteiger partial charge < -0.3 is 4.42 Å². The van der Waals surface area contributed by atoms with E-state index in [1.165, 1.54) is 6.92 Å². The molecule has 0 saturated carbocycles. The number of oxazole rings is 1. The van der Waals surface area contributed by atoms with Crippen LogP contribution in [0.5, 0.6) is 0 Å². The summed E-state index contributed by atoms with van der Waals surface area (Å²) in [4.78, 5) is 14.9. The second-order valence-corrected chi connectivity index (χ2v) is 3.36. The Balaban J connectivity index is 2.42. The third-order valence-corrected chi connectivity index (χ3v) is 2.04. The maximum atomic E-state index is 10.9. The van der Waals surface area contributed by atoms with Gasteiger partial charge in [0.25, 0.3) is 0 Å². The third kappa shape index (κ3) is 2.32. The van der Waals surface area contributed by atoms with Crippen LogP contribution in [0.4, 0.5) is 5.88 Å². The van der Waals surface area contributed by atoms with Crippen LogP contribution in [0, 0.1) is 11.3 Å². The fourth-order valence-corrected chi connectivity index (χ4v) is 1.34. The number of aromatic nitrogens is 1. The number of nitriles is 1. The number of anilines is 1. The molecule has 5 nitrogen and oxygen atoms in total. The monoisotopic (exact) mass is 227 g/mol. The highest BCUT2D eigenvalue weighted by Gasteiger charge is 2.14. The first kappa shape index (κ1) is 10.9. The number of amides is 1. The predicted molar refractivity (Wildman–Crippen MR) is 61.0 cm³/mol. The van der Waals surface area contributed by atoms with Gasteiger partial charge >= 0.3 is 0 Å². The third-order valence-electron chi connectivity index (χ3n) is 2.04. The van der Waals surface area contributed by atoms with Crippen LogP contribution in [0.15, 0.2) is 34.7 Å². The normalized spacial score (nSPS) is 9.65. The summed E-state index contributed by atoms with van der Waals surface area (Å²) in [6.07, 6.45) is 0. The largest absolute Gasteiger partial charge is 0.419 e. The molecule has 2 aromatic rings. The molecule has 1 N–H and O–H groups in total. The van der Waals surface area contributed by atoms with Crippen molar-refractivity contribution in [3.63, 3.8) is 0 Å². The summed E-state index contributed by atoms with van der Waals surface area (Å²) in [5.41, 5.74) is 0.819. The highest BCUT2D eigenvalue weighted by molar-refractivity contribution is 5.88. The van der Waals surface area contributed by atoms with E-state index in [4.69, 9.17) is 9.68 Å². The Hall–Kier alpha value is -2.61. The van der Waals surface area contributed by atoms with Crippen LogP contribution in [-0.4, -0.2) is 10.9 Å². The first-order chi connectivity index (χ1) is 8.20. The molecule has 0 aliphatic heterocycles. The fourth-order valence-electron chi connectivity index (χ4n) is 1.34. The van der Waals surface area contributed by atoms with Gasteiger partial charge in [-0.3, -0.25) is 10.1 Å². The van der Waals surface area contributed by atoms with Crippen LogP contribution in [-0.2, 0) is 4.79 Å². The molecule has 0 spiro atoms. The molecule has 0 radical (unpaired) electrons. The van der Waals surface area contributed by atoms with E-state index < -0.39 is 0 Å². The van der Waals surface area contributed by atoms with Crippen LogP contribution in [0.3, 0.4) is 0 Å². The van der Waals surface area contributed by atoms with E-state index in [9.17, 15) is 4.79 Å². The molecule has 1 aromatic carbocycles. The van der Waals surface area contributed by atoms with Gasteiger partial charge in [-0.05, 0) is 12.1 Å². The van der Waals surface area contributed by atoms with Gasteiger partial charge in [0, 0.05) is 12.5 Å². The van der Waals surface area contributed by atoms with Gasteiger partial charge in [-0.2, -0.15) is 10.2 Å². The molecule has 1 aromatic heterocycles. The molecule has 0 saturated heterocycles. The Morgan fingerprint density at radius 1 is 1.41 bits per heavy atom. The van der Waals surface area contributed by atoms with Crippen molar-refractivity contribution in [1.29, 1.82) is 5.26 Å². The summed E-state index contributed by atoms with van der Waals surface area (Å²) in [6.45, 7) is 1.34. The van der Waals surface area contributed by atoms with Crippen molar-refractivity contribution in [1.82, 2.24) is 4.98 Å². The minimum Gasteiger partial charge on any atom is -0.419 e. The van der Waals surface area contributed by atoms with Gasteiger partial charge in [-0.15, -0.1) is 0 Å². The SMILES string of the molecule is CC(=O)Nc1oc(-c2ccccc2)nc1C#N. The van der Waals surface area contributed by atoms with Gasteiger partial charge in [-0.25, -0.2) is 0 Å². The molecule has 0 aliphatic carbocycles. The summed E-state index contributed by atoms with van der Waals surface area (Å²) < 4.78 is 5.34. The first-order valence-corrected chi connectivity index (χ1v) is 4.94. The summed E-state index contributed by atoms with van der Waals surface area (Å²) in [6, 6.07) is 11.0. The van der Waals surface area contributed by atoms with Crippen molar-refractivity contribution in [3.8, 4) is 17.5 Å². The second-order valence-electron chi connectivity index (χ2n) is 3.36. The van der Waals surface area contributed by atoms with E-state index in [0.717, 1.165) is 5.56 Å². The fraction of sp³-hybridized carbons (Fsp3) is 0.0833. The topological polar surface area (TPSA) is 78.9 Å². The lowest BCUT2D eigenvalue weighted by Gasteiger charge is -1.95. The van der Waals surface area contributed by atoms with E-state index in [-0.39, 0.29) is 17.5 Å². The second kappa shape index (κ2) is 4.49. The number of benzene rings is 1. The Morgan fingerprint density at radius 3 is 2.71 bits per heavy atom. The molecular weight excluding hydrogens is 218 g/mol. The lowest BCUT2D eigenvalue weighted by atomic mass is 10.2. The van der Waals surface area contributed by atoms with Crippen molar-refractivity contribution in [2.24, 2.45) is 0 Å². The quantitative estimate of drug-likeness (QED) is 0.852. The van der Waals surface area contributed by atoms with Gasteiger partial charge in [0.1, 0.15) is 6.07 Å². The summed E-state index contributed by atoms with van der Waals surface area (Å²) in [7, 11) is 0. The minimum absolute atomic E-state index is 0.0686. The molecule has 1 amide bonds. The molecule has 84 valence electrons. The molecule has 1 heterocycles.